The fourth-order valence-corrected chi connectivity index (χ4v) is 3.87. The van der Waals surface area contributed by atoms with E-state index in [1.54, 1.807) is 18.2 Å². The summed E-state index contributed by atoms with van der Waals surface area (Å²) in [6, 6.07) is 14.6. The lowest BCUT2D eigenvalue weighted by atomic mass is 9.87. The minimum Gasteiger partial charge on any atom is -0.508 e. The molecule has 0 bridgehead atoms. The summed E-state index contributed by atoms with van der Waals surface area (Å²) in [7, 11) is 0. The van der Waals surface area contributed by atoms with Crippen LogP contribution >= 0.6 is 11.6 Å². The van der Waals surface area contributed by atoms with Gasteiger partial charge in [0.15, 0.2) is 0 Å². The first-order valence-corrected chi connectivity index (χ1v) is 9.41. The van der Waals surface area contributed by atoms with Crippen molar-refractivity contribution in [1.29, 1.82) is 0 Å². The average Bonchev–Trinajstić information content (AvgIpc) is 2.62. The van der Waals surface area contributed by atoms with Crippen molar-refractivity contribution in [3.8, 4) is 5.75 Å². The van der Waals surface area contributed by atoms with E-state index >= 15 is 0 Å². The minimum absolute atomic E-state index is 0.0420. The predicted octanol–water partition coefficient (Wildman–Crippen LogP) is 3.99. The molecule has 2 aromatic rings. The van der Waals surface area contributed by atoms with E-state index in [0.29, 0.717) is 5.02 Å². The summed E-state index contributed by atoms with van der Waals surface area (Å²) in [5.41, 5.74) is 1.72. The van der Waals surface area contributed by atoms with Gasteiger partial charge in [-0.25, -0.2) is 0 Å². The quantitative estimate of drug-likeness (QED) is 0.742. The summed E-state index contributed by atoms with van der Waals surface area (Å²) in [6.07, 6.45) is 3.07. The third-order valence-corrected chi connectivity index (χ3v) is 5.35. The Bertz CT molecular complexity index is 756. The van der Waals surface area contributed by atoms with Gasteiger partial charge in [0.2, 0.25) is 5.91 Å². The number of aliphatic hydroxyl groups is 1. The second kappa shape index (κ2) is 8.56. The Balaban J connectivity index is 1.78. The molecule has 0 saturated heterocycles. The highest BCUT2D eigenvalue weighted by Gasteiger charge is 2.24. The van der Waals surface area contributed by atoms with Crippen LogP contribution in [-0.2, 0) is 4.79 Å². The fraction of sp³-hybridized carbons (Fsp3) is 0.381. The van der Waals surface area contributed by atoms with E-state index in [4.69, 9.17) is 11.6 Å². The summed E-state index contributed by atoms with van der Waals surface area (Å²) in [6.45, 7) is 0. The third kappa shape index (κ3) is 4.77. The highest BCUT2D eigenvalue weighted by atomic mass is 35.5. The first kappa shape index (κ1) is 18.7. The van der Waals surface area contributed by atoms with Crippen molar-refractivity contribution in [1.82, 2.24) is 5.32 Å². The number of phenols is 1. The van der Waals surface area contributed by atoms with Crippen molar-refractivity contribution in [2.45, 2.75) is 50.2 Å². The van der Waals surface area contributed by atoms with Crippen LogP contribution in [0, 0.1) is 0 Å². The van der Waals surface area contributed by atoms with Gasteiger partial charge in [-0.1, -0.05) is 41.9 Å². The molecule has 1 aliphatic rings. The maximum atomic E-state index is 12.7. The van der Waals surface area contributed by atoms with E-state index < -0.39 is 0 Å². The Labute approximate surface area is 158 Å². The largest absolute Gasteiger partial charge is 0.508 e. The summed E-state index contributed by atoms with van der Waals surface area (Å²) in [5, 5.41) is 23.1. The molecule has 1 saturated carbocycles. The maximum absolute atomic E-state index is 12.7. The maximum Gasteiger partial charge on any atom is 0.221 e. The minimum atomic E-state index is -0.244. The number of benzene rings is 2. The van der Waals surface area contributed by atoms with Gasteiger partial charge in [0, 0.05) is 23.4 Å². The number of aromatic hydroxyl groups is 1. The number of carbonyl (C=O) groups is 1. The lowest BCUT2D eigenvalue weighted by Gasteiger charge is -2.27. The Kier molecular flexibility index (Phi) is 6.17. The second-order valence-corrected chi connectivity index (χ2v) is 7.35. The number of amides is 1. The Morgan fingerprint density at radius 2 is 1.85 bits per heavy atom. The van der Waals surface area contributed by atoms with Gasteiger partial charge in [0.1, 0.15) is 5.75 Å². The molecule has 4 nitrogen and oxygen atoms in total. The molecule has 3 rings (SSSR count). The zero-order valence-corrected chi connectivity index (χ0v) is 15.3. The van der Waals surface area contributed by atoms with Gasteiger partial charge < -0.3 is 15.5 Å². The van der Waals surface area contributed by atoms with Crippen molar-refractivity contribution < 1.29 is 15.0 Å². The molecule has 0 spiro atoms. The van der Waals surface area contributed by atoms with E-state index in [-0.39, 0.29) is 36.1 Å². The summed E-state index contributed by atoms with van der Waals surface area (Å²) in [5.74, 6) is -0.106. The third-order valence-electron chi connectivity index (χ3n) is 5.00. The molecule has 2 aromatic carbocycles. The number of halogens is 1. The Morgan fingerprint density at radius 3 is 2.54 bits per heavy atom. The SMILES string of the molecule is O=C(C[C@@H](c1cccc(O)c1)c1ccccc1Cl)NC1CCC(O)CC1. The number of phenolic OH excluding ortho intramolecular Hbond substituents is 1. The van der Waals surface area contributed by atoms with Gasteiger partial charge in [0.05, 0.1) is 6.10 Å². The topological polar surface area (TPSA) is 69.6 Å². The molecule has 138 valence electrons. The lowest BCUT2D eigenvalue weighted by Crippen LogP contribution is -2.39. The van der Waals surface area contributed by atoms with Crippen molar-refractivity contribution in [2.75, 3.05) is 0 Å². The highest BCUT2D eigenvalue weighted by Crippen LogP contribution is 2.34. The van der Waals surface area contributed by atoms with E-state index in [1.807, 2.05) is 30.3 Å². The van der Waals surface area contributed by atoms with E-state index in [9.17, 15) is 15.0 Å². The number of hydrogen-bond donors (Lipinski definition) is 3. The first-order chi connectivity index (χ1) is 12.5. The molecule has 26 heavy (non-hydrogen) atoms. The number of hydrogen-bond acceptors (Lipinski definition) is 3. The van der Waals surface area contributed by atoms with Gasteiger partial charge in [-0.05, 0) is 55.0 Å². The summed E-state index contributed by atoms with van der Waals surface area (Å²) >= 11 is 6.38. The Hall–Kier alpha value is -2.04. The number of carbonyl (C=O) groups excluding carboxylic acids is 1. The van der Waals surface area contributed by atoms with Gasteiger partial charge >= 0.3 is 0 Å². The lowest BCUT2D eigenvalue weighted by molar-refractivity contribution is -0.122. The van der Waals surface area contributed by atoms with Crippen LogP contribution in [0.1, 0.15) is 49.1 Å². The van der Waals surface area contributed by atoms with E-state index in [2.05, 4.69) is 5.32 Å². The van der Waals surface area contributed by atoms with Crippen LogP contribution in [-0.4, -0.2) is 28.3 Å². The van der Waals surface area contributed by atoms with Crippen LogP contribution in [0.2, 0.25) is 5.02 Å². The standard InChI is InChI=1S/C21H24ClNO3/c22-20-7-2-1-6-18(20)19(14-4-3-5-17(25)12-14)13-21(26)23-15-8-10-16(24)11-9-15/h1-7,12,15-16,19,24-25H,8-11,13H2,(H,23,26)/t15?,16?,19-/m0/s1. The molecule has 5 heteroatoms. The molecule has 0 unspecified atom stereocenters. The van der Waals surface area contributed by atoms with E-state index in [0.717, 1.165) is 36.8 Å². The van der Waals surface area contributed by atoms with Crippen molar-refractivity contribution >= 4 is 17.5 Å². The molecule has 1 aliphatic carbocycles. The Morgan fingerprint density at radius 1 is 1.12 bits per heavy atom. The normalized spacial score (nSPS) is 21.2. The predicted molar refractivity (Wildman–Crippen MR) is 102 cm³/mol. The molecule has 0 aromatic heterocycles. The molecular formula is C21H24ClNO3. The smallest absolute Gasteiger partial charge is 0.221 e. The molecule has 0 aliphatic heterocycles. The molecular weight excluding hydrogens is 350 g/mol. The van der Waals surface area contributed by atoms with Gasteiger partial charge in [-0.2, -0.15) is 0 Å². The average molecular weight is 374 g/mol. The van der Waals surface area contributed by atoms with Gasteiger partial charge in [-0.3, -0.25) is 4.79 Å². The summed E-state index contributed by atoms with van der Waals surface area (Å²) in [4.78, 5) is 12.7. The van der Waals surface area contributed by atoms with Crippen LogP contribution in [0.5, 0.6) is 5.75 Å². The number of nitrogens with one attached hydrogen (secondary N) is 1. The molecule has 1 fully saturated rings. The monoisotopic (exact) mass is 373 g/mol. The molecule has 1 atom stereocenters. The molecule has 0 radical (unpaired) electrons. The van der Waals surface area contributed by atoms with Crippen LogP contribution in [0.25, 0.3) is 0 Å². The van der Waals surface area contributed by atoms with E-state index in [1.165, 1.54) is 0 Å². The fourth-order valence-electron chi connectivity index (χ4n) is 3.60. The zero-order chi connectivity index (χ0) is 18.5. The molecule has 0 heterocycles. The summed E-state index contributed by atoms with van der Waals surface area (Å²) < 4.78 is 0. The number of aliphatic hydroxyl groups excluding tert-OH is 1. The zero-order valence-electron chi connectivity index (χ0n) is 14.6. The first-order valence-electron chi connectivity index (χ1n) is 9.03. The molecule has 3 N–H and O–H groups in total. The van der Waals surface area contributed by atoms with Crippen molar-refractivity contribution in [3.05, 3.63) is 64.7 Å². The second-order valence-electron chi connectivity index (χ2n) is 6.95. The van der Waals surface area contributed by atoms with Crippen LogP contribution < -0.4 is 5.32 Å². The van der Waals surface area contributed by atoms with Gasteiger partial charge in [-0.15, -0.1) is 0 Å². The van der Waals surface area contributed by atoms with Crippen molar-refractivity contribution in [2.24, 2.45) is 0 Å². The van der Waals surface area contributed by atoms with Crippen LogP contribution in [0.4, 0.5) is 0 Å². The van der Waals surface area contributed by atoms with Gasteiger partial charge in [0.25, 0.3) is 0 Å². The van der Waals surface area contributed by atoms with Crippen molar-refractivity contribution in [3.63, 3.8) is 0 Å². The van der Waals surface area contributed by atoms with Crippen LogP contribution in [0.3, 0.4) is 0 Å². The van der Waals surface area contributed by atoms with Crippen LogP contribution in [0.15, 0.2) is 48.5 Å². The highest BCUT2D eigenvalue weighted by molar-refractivity contribution is 6.31. The molecule has 1 amide bonds. The number of rotatable bonds is 5.